The van der Waals surface area contributed by atoms with Crippen LogP contribution in [0.3, 0.4) is 0 Å². The van der Waals surface area contributed by atoms with E-state index in [2.05, 4.69) is 4.98 Å². The molecule has 0 bridgehead atoms. The molecule has 1 aromatic heterocycles. The molecule has 0 aliphatic heterocycles. The van der Waals surface area contributed by atoms with Gasteiger partial charge in [0.25, 0.3) is 5.56 Å². The number of aliphatic hydroxyl groups is 2. The van der Waals surface area contributed by atoms with Crippen molar-refractivity contribution in [2.24, 2.45) is 11.8 Å². The Bertz CT molecular complexity index is 519. The summed E-state index contributed by atoms with van der Waals surface area (Å²) in [6.45, 7) is 1.57. The molecule has 1 saturated carbocycles. The molecular weight excluding hydrogens is 224 g/mol. The topological polar surface area (TPSA) is 95.3 Å². The van der Waals surface area contributed by atoms with Gasteiger partial charge in [-0.25, -0.2) is 4.79 Å². The zero-order chi connectivity index (χ0) is 12.6. The number of aromatic nitrogens is 2. The molecule has 0 saturated heterocycles. The minimum absolute atomic E-state index is 0.0127. The minimum atomic E-state index is -0.458. The van der Waals surface area contributed by atoms with Gasteiger partial charge in [0.1, 0.15) is 0 Å². The highest BCUT2D eigenvalue weighted by Crippen LogP contribution is 2.42. The Morgan fingerprint density at radius 2 is 2.12 bits per heavy atom. The lowest BCUT2D eigenvalue weighted by Crippen LogP contribution is -2.47. The van der Waals surface area contributed by atoms with E-state index in [4.69, 9.17) is 5.11 Å². The highest BCUT2D eigenvalue weighted by Gasteiger charge is 2.41. The number of rotatable bonds is 3. The lowest BCUT2D eigenvalue weighted by molar-refractivity contribution is -0.00881. The molecule has 0 amide bonds. The lowest BCUT2D eigenvalue weighted by atomic mass is 9.70. The minimum Gasteiger partial charge on any atom is -0.396 e. The summed E-state index contributed by atoms with van der Waals surface area (Å²) in [5.74, 6) is -0.0906. The summed E-state index contributed by atoms with van der Waals surface area (Å²) in [4.78, 5) is 25.1. The van der Waals surface area contributed by atoms with Crippen LogP contribution in [0.4, 0.5) is 0 Å². The monoisotopic (exact) mass is 240 g/mol. The van der Waals surface area contributed by atoms with Gasteiger partial charge in [-0.1, -0.05) is 0 Å². The van der Waals surface area contributed by atoms with Crippen molar-refractivity contribution in [3.63, 3.8) is 0 Å². The molecule has 0 spiro atoms. The van der Waals surface area contributed by atoms with Crippen molar-refractivity contribution in [3.8, 4) is 0 Å². The zero-order valence-corrected chi connectivity index (χ0v) is 9.59. The van der Waals surface area contributed by atoms with Gasteiger partial charge >= 0.3 is 5.69 Å². The maximum Gasteiger partial charge on any atom is 0.328 e. The largest absolute Gasteiger partial charge is 0.396 e. The second kappa shape index (κ2) is 4.46. The van der Waals surface area contributed by atoms with Crippen molar-refractivity contribution in [2.75, 3.05) is 13.2 Å². The van der Waals surface area contributed by atoms with Crippen LogP contribution in [0.1, 0.15) is 18.0 Å². The highest BCUT2D eigenvalue weighted by atomic mass is 16.3. The van der Waals surface area contributed by atoms with E-state index in [-0.39, 0.29) is 36.7 Å². The Labute approximate surface area is 97.5 Å². The molecule has 3 atom stereocenters. The summed E-state index contributed by atoms with van der Waals surface area (Å²) in [6, 6.07) is -0.139. The quantitative estimate of drug-likeness (QED) is 0.632. The van der Waals surface area contributed by atoms with Crippen LogP contribution < -0.4 is 11.2 Å². The Balaban J connectivity index is 2.33. The van der Waals surface area contributed by atoms with Crippen LogP contribution >= 0.6 is 0 Å². The van der Waals surface area contributed by atoms with Crippen molar-refractivity contribution >= 4 is 0 Å². The smallest absolute Gasteiger partial charge is 0.328 e. The molecule has 0 aromatic carbocycles. The average Bonchev–Trinajstić information content (AvgIpc) is 2.25. The van der Waals surface area contributed by atoms with E-state index in [1.165, 1.54) is 10.8 Å². The highest BCUT2D eigenvalue weighted by molar-refractivity contribution is 5.04. The number of nitrogens with zero attached hydrogens (tertiary/aromatic N) is 1. The predicted octanol–water partition coefficient (Wildman–Crippen LogP) is -0.993. The van der Waals surface area contributed by atoms with Crippen LogP contribution in [0.25, 0.3) is 0 Å². The standard InChI is InChI=1S/C11H16N2O4/c1-6-3-13(11(17)12-10(6)16)9-2-7(4-14)8(9)5-15/h3,7-9,14-15H,2,4-5H2,1H3,(H,12,16,17)/t7-,8+,9-/m0/s1. The van der Waals surface area contributed by atoms with Crippen LogP contribution in [-0.2, 0) is 0 Å². The number of hydrogen-bond donors (Lipinski definition) is 3. The summed E-state index contributed by atoms with van der Waals surface area (Å²) in [7, 11) is 0. The third kappa shape index (κ3) is 1.94. The molecule has 3 N–H and O–H groups in total. The van der Waals surface area contributed by atoms with Crippen molar-refractivity contribution in [1.29, 1.82) is 0 Å². The van der Waals surface area contributed by atoms with E-state index in [1.807, 2.05) is 0 Å². The summed E-state index contributed by atoms with van der Waals surface area (Å²) >= 11 is 0. The van der Waals surface area contributed by atoms with Gasteiger partial charge < -0.3 is 10.2 Å². The molecule has 1 aromatic rings. The van der Waals surface area contributed by atoms with Crippen LogP contribution in [-0.4, -0.2) is 33.0 Å². The Kier molecular flexibility index (Phi) is 3.17. The average molecular weight is 240 g/mol. The summed E-state index contributed by atoms with van der Waals surface area (Å²) < 4.78 is 1.45. The van der Waals surface area contributed by atoms with E-state index in [9.17, 15) is 14.7 Å². The number of aryl methyl sites for hydroxylation is 1. The van der Waals surface area contributed by atoms with Crippen LogP contribution in [0.2, 0.25) is 0 Å². The first-order valence-corrected chi connectivity index (χ1v) is 5.62. The molecule has 0 unspecified atom stereocenters. The van der Waals surface area contributed by atoms with E-state index in [0.29, 0.717) is 12.0 Å². The molecule has 1 aliphatic rings. The number of nitrogens with one attached hydrogen (secondary N) is 1. The molecule has 6 nitrogen and oxygen atoms in total. The molecule has 1 fully saturated rings. The number of hydrogen-bond acceptors (Lipinski definition) is 4. The van der Waals surface area contributed by atoms with E-state index < -0.39 is 5.69 Å². The summed E-state index contributed by atoms with van der Waals surface area (Å²) in [5.41, 5.74) is -0.376. The van der Waals surface area contributed by atoms with Crippen LogP contribution in [0, 0.1) is 18.8 Å². The predicted molar refractivity (Wildman–Crippen MR) is 60.9 cm³/mol. The van der Waals surface area contributed by atoms with Gasteiger partial charge in [-0.2, -0.15) is 0 Å². The fourth-order valence-electron chi connectivity index (χ4n) is 2.41. The van der Waals surface area contributed by atoms with Gasteiger partial charge in [0.05, 0.1) is 0 Å². The first-order chi connectivity index (χ1) is 8.08. The van der Waals surface area contributed by atoms with Gasteiger partial charge in [0, 0.05) is 36.9 Å². The van der Waals surface area contributed by atoms with Crippen LogP contribution in [0.15, 0.2) is 15.8 Å². The maximum atomic E-state index is 11.6. The van der Waals surface area contributed by atoms with Crippen molar-refractivity contribution < 1.29 is 10.2 Å². The number of H-pyrrole nitrogens is 1. The molecule has 94 valence electrons. The molecular formula is C11H16N2O4. The Hall–Kier alpha value is -1.40. The fraction of sp³-hybridized carbons (Fsp3) is 0.636. The Morgan fingerprint density at radius 3 is 2.71 bits per heavy atom. The van der Waals surface area contributed by atoms with Crippen LogP contribution in [0.5, 0.6) is 0 Å². The van der Waals surface area contributed by atoms with Crippen molar-refractivity contribution in [2.45, 2.75) is 19.4 Å². The lowest BCUT2D eigenvalue weighted by Gasteiger charge is -2.43. The second-order valence-electron chi connectivity index (χ2n) is 4.57. The third-order valence-electron chi connectivity index (χ3n) is 3.59. The van der Waals surface area contributed by atoms with Gasteiger partial charge in [-0.3, -0.25) is 14.3 Å². The maximum absolute atomic E-state index is 11.6. The summed E-state index contributed by atoms with van der Waals surface area (Å²) in [5, 5.41) is 18.3. The SMILES string of the molecule is Cc1cn([C@H]2C[C@@H](CO)[C@H]2CO)c(=O)[nH]c1=O. The van der Waals surface area contributed by atoms with Crippen molar-refractivity contribution in [3.05, 3.63) is 32.6 Å². The second-order valence-corrected chi connectivity index (χ2v) is 4.57. The Morgan fingerprint density at radius 1 is 1.41 bits per heavy atom. The molecule has 1 aliphatic carbocycles. The number of aromatic amines is 1. The van der Waals surface area contributed by atoms with Gasteiger partial charge in [-0.05, 0) is 19.3 Å². The number of aliphatic hydroxyl groups excluding tert-OH is 2. The first-order valence-electron chi connectivity index (χ1n) is 5.62. The fourth-order valence-corrected chi connectivity index (χ4v) is 2.41. The normalized spacial score (nSPS) is 27.8. The molecule has 0 radical (unpaired) electrons. The van der Waals surface area contributed by atoms with Crippen molar-refractivity contribution in [1.82, 2.24) is 9.55 Å². The zero-order valence-electron chi connectivity index (χ0n) is 9.59. The van der Waals surface area contributed by atoms with E-state index in [1.54, 1.807) is 6.92 Å². The summed E-state index contributed by atoms with van der Waals surface area (Å²) in [6.07, 6.45) is 2.16. The third-order valence-corrected chi connectivity index (χ3v) is 3.59. The molecule has 17 heavy (non-hydrogen) atoms. The van der Waals surface area contributed by atoms with Gasteiger partial charge in [0.2, 0.25) is 0 Å². The molecule has 1 heterocycles. The van der Waals surface area contributed by atoms with E-state index >= 15 is 0 Å². The van der Waals surface area contributed by atoms with Gasteiger partial charge in [0.15, 0.2) is 0 Å². The molecule has 2 rings (SSSR count). The molecule has 6 heteroatoms. The first kappa shape index (κ1) is 12.1. The van der Waals surface area contributed by atoms with E-state index in [0.717, 1.165) is 0 Å². The van der Waals surface area contributed by atoms with Gasteiger partial charge in [-0.15, -0.1) is 0 Å².